The number of anilines is 1. The molecule has 0 bridgehead atoms. The third kappa shape index (κ3) is 2.82. The second-order valence-corrected chi connectivity index (χ2v) is 7.85. The van der Waals surface area contributed by atoms with Gasteiger partial charge in [0.05, 0.1) is 12.8 Å². The molecule has 2 aliphatic heterocycles. The lowest BCUT2D eigenvalue weighted by Gasteiger charge is -2.24. The maximum atomic E-state index is 5.82. The number of hydrazine groups is 1. The zero-order valence-corrected chi connectivity index (χ0v) is 16.5. The van der Waals surface area contributed by atoms with Gasteiger partial charge in [0.1, 0.15) is 11.4 Å². The quantitative estimate of drug-likeness (QED) is 0.848. The summed E-state index contributed by atoms with van der Waals surface area (Å²) >= 11 is 0. The summed E-state index contributed by atoms with van der Waals surface area (Å²) < 4.78 is 5.82. The van der Waals surface area contributed by atoms with Gasteiger partial charge in [0.15, 0.2) is 5.69 Å². The summed E-state index contributed by atoms with van der Waals surface area (Å²) in [7, 11) is 1.73. The van der Waals surface area contributed by atoms with Gasteiger partial charge in [-0.15, -0.1) is 0 Å². The molecule has 0 amide bonds. The minimum absolute atomic E-state index is 0.716. The standard InChI is InChI=1S/C23H26N4O/c1-16-22-23(28-2)26(25-27(22)21-11-7-6-10-20(21)24-16)19-14-12-18(13-15-19)17-8-4-3-5-9-17/h6-7,10-15,17,25H,3-5,8-9H2,1-2H3/p+1. The van der Waals surface area contributed by atoms with Crippen LogP contribution in [0.3, 0.4) is 0 Å². The Kier molecular flexibility index (Phi) is 4.41. The van der Waals surface area contributed by atoms with Crippen molar-refractivity contribution in [2.24, 2.45) is 4.99 Å². The van der Waals surface area contributed by atoms with E-state index in [1.807, 2.05) is 18.0 Å². The summed E-state index contributed by atoms with van der Waals surface area (Å²) in [5.41, 5.74) is 10.2. The number of rotatable bonds is 3. The van der Waals surface area contributed by atoms with Gasteiger partial charge in [0.2, 0.25) is 5.70 Å². The summed E-state index contributed by atoms with van der Waals surface area (Å²) in [6.07, 6.45) is 6.74. The molecule has 1 atom stereocenters. The van der Waals surface area contributed by atoms with Crippen LogP contribution in [0, 0.1) is 0 Å². The number of benzene rings is 2. The fraction of sp³-hybridized carbons (Fsp3) is 0.348. The average Bonchev–Trinajstić information content (AvgIpc) is 3.15. The fourth-order valence-electron chi connectivity index (χ4n) is 4.69. The molecule has 0 aromatic heterocycles. The van der Waals surface area contributed by atoms with Gasteiger partial charge >= 0.3 is 0 Å². The zero-order chi connectivity index (χ0) is 19.1. The first-order chi connectivity index (χ1) is 13.8. The van der Waals surface area contributed by atoms with E-state index < -0.39 is 0 Å². The molecule has 5 rings (SSSR count). The van der Waals surface area contributed by atoms with Crippen LogP contribution in [-0.2, 0) is 4.74 Å². The van der Waals surface area contributed by atoms with Crippen molar-refractivity contribution in [3.05, 3.63) is 65.7 Å². The number of nitrogens with one attached hydrogen (secondary N) is 2. The van der Waals surface area contributed by atoms with Crippen LogP contribution in [0.15, 0.2) is 65.1 Å². The third-order valence-electron chi connectivity index (χ3n) is 6.14. The van der Waals surface area contributed by atoms with Gasteiger partial charge in [-0.1, -0.05) is 49.1 Å². The van der Waals surface area contributed by atoms with Crippen molar-refractivity contribution in [3.8, 4) is 0 Å². The smallest absolute Gasteiger partial charge is 0.280 e. The van der Waals surface area contributed by atoms with E-state index in [0.717, 1.165) is 39.4 Å². The number of aliphatic imine (C=N–C) groups is 1. The Bertz CT molecular complexity index is 941. The van der Waals surface area contributed by atoms with Gasteiger partial charge in [0.25, 0.3) is 5.88 Å². The molecule has 28 heavy (non-hydrogen) atoms. The first kappa shape index (κ1) is 17.5. The number of fused-ring (bicyclic) bond motifs is 3. The van der Waals surface area contributed by atoms with E-state index in [-0.39, 0.29) is 0 Å². The number of quaternary nitrogens is 1. The van der Waals surface area contributed by atoms with Crippen molar-refractivity contribution in [2.75, 3.05) is 12.1 Å². The molecular weight excluding hydrogens is 348 g/mol. The number of allylic oxidation sites excluding steroid dienone is 1. The van der Waals surface area contributed by atoms with Gasteiger partial charge in [-0.2, -0.15) is 10.0 Å². The molecule has 0 saturated heterocycles. The molecule has 2 N–H and O–H groups in total. The van der Waals surface area contributed by atoms with Gasteiger partial charge in [-0.25, -0.2) is 4.99 Å². The van der Waals surface area contributed by atoms with Crippen LogP contribution in [0.5, 0.6) is 0 Å². The highest BCUT2D eigenvalue weighted by atomic mass is 16.5. The van der Waals surface area contributed by atoms with E-state index in [2.05, 4.69) is 48.0 Å². The summed E-state index contributed by atoms with van der Waals surface area (Å²) in [6, 6.07) is 17.2. The molecule has 2 heterocycles. The normalized spacial score (nSPS) is 22.0. The average molecular weight is 375 g/mol. The molecule has 0 radical (unpaired) electrons. The van der Waals surface area contributed by atoms with Gasteiger partial charge < -0.3 is 4.74 Å². The molecule has 1 saturated carbocycles. The predicted octanol–water partition coefficient (Wildman–Crippen LogP) is 4.11. The molecule has 1 aliphatic carbocycles. The van der Waals surface area contributed by atoms with Crippen LogP contribution in [-0.4, -0.2) is 12.8 Å². The summed E-state index contributed by atoms with van der Waals surface area (Å²) in [6.45, 7) is 2.04. The van der Waals surface area contributed by atoms with E-state index in [0.29, 0.717) is 5.92 Å². The molecule has 1 unspecified atom stereocenters. The number of nitrogens with zero attached hydrogens (tertiary/aromatic N) is 2. The predicted molar refractivity (Wildman–Crippen MR) is 112 cm³/mol. The largest absolute Gasteiger partial charge is 0.477 e. The van der Waals surface area contributed by atoms with Crippen molar-refractivity contribution >= 4 is 22.8 Å². The van der Waals surface area contributed by atoms with Gasteiger partial charge in [-0.3, -0.25) is 0 Å². The number of para-hydroxylation sites is 2. The molecule has 5 nitrogen and oxygen atoms in total. The molecule has 0 spiro atoms. The third-order valence-corrected chi connectivity index (χ3v) is 6.14. The summed E-state index contributed by atoms with van der Waals surface area (Å²) in [5, 5.41) is 3.10. The second-order valence-electron chi connectivity index (χ2n) is 7.85. The Morgan fingerprint density at radius 1 is 1.04 bits per heavy atom. The number of hydrogen-bond donors (Lipinski definition) is 2. The van der Waals surface area contributed by atoms with Crippen LogP contribution in [0.25, 0.3) is 0 Å². The molecule has 3 aliphatic rings. The van der Waals surface area contributed by atoms with Crippen molar-refractivity contribution in [2.45, 2.75) is 44.9 Å². The molecule has 144 valence electrons. The first-order valence-corrected chi connectivity index (χ1v) is 10.2. The van der Waals surface area contributed by atoms with Crippen LogP contribution in [0.1, 0.15) is 50.5 Å². The first-order valence-electron chi connectivity index (χ1n) is 10.2. The van der Waals surface area contributed by atoms with Crippen LogP contribution < -0.4 is 15.6 Å². The Labute approximate surface area is 166 Å². The van der Waals surface area contributed by atoms with E-state index in [1.165, 1.54) is 37.7 Å². The summed E-state index contributed by atoms with van der Waals surface area (Å²) in [5.74, 6) is 1.52. The van der Waals surface area contributed by atoms with Crippen molar-refractivity contribution in [3.63, 3.8) is 0 Å². The van der Waals surface area contributed by atoms with E-state index >= 15 is 0 Å². The summed E-state index contributed by atoms with van der Waals surface area (Å²) in [4.78, 5) is 4.78. The minimum atomic E-state index is 0.716. The Morgan fingerprint density at radius 3 is 2.54 bits per heavy atom. The number of ether oxygens (including phenoxy) is 1. The molecule has 5 heteroatoms. The molecular formula is C23H27N4O+. The van der Waals surface area contributed by atoms with Crippen molar-refractivity contribution in [1.29, 1.82) is 0 Å². The van der Waals surface area contributed by atoms with Crippen LogP contribution in [0.2, 0.25) is 0 Å². The van der Waals surface area contributed by atoms with E-state index in [1.54, 1.807) is 7.11 Å². The zero-order valence-electron chi connectivity index (χ0n) is 16.5. The molecule has 2 aromatic rings. The highest BCUT2D eigenvalue weighted by molar-refractivity contribution is 6.01. The molecule has 2 aromatic carbocycles. The second kappa shape index (κ2) is 7.08. The lowest BCUT2D eigenvalue weighted by atomic mass is 9.84. The lowest BCUT2D eigenvalue weighted by Crippen LogP contribution is -3.12. The number of hydrogen-bond acceptors (Lipinski definition) is 4. The molecule has 1 fully saturated rings. The van der Waals surface area contributed by atoms with Crippen LogP contribution >= 0.6 is 0 Å². The highest BCUT2D eigenvalue weighted by Gasteiger charge is 2.42. The topological polar surface area (TPSA) is 41.3 Å². The van der Waals surface area contributed by atoms with Crippen molar-refractivity contribution in [1.82, 2.24) is 5.53 Å². The maximum absolute atomic E-state index is 5.82. The Morgan fingerprint density at radius 2 is 1.79 bits per heavy atom. The van der Waals surface area contributed by atoms with E-state index in [9.17, 15) is 0 Å². The Balaban J connectivity index is 1.48. The monoisotopic (exact) mass is 375 g/mol. The lowest BCUT2D eigenvalue weighted by molar-refractivity contribution is -0.829. The van der Waals surface area contributed by atoms with Crippen molar-refractivity contribution < 1.29 is 9.75 Å². The SMILES string of the molecule is COC1=C2C(C)=Nc3ccccc3[NH+]2NN1c1ccc(C2CCCCC2)cc1. The van der Waals surface area contributed by atoms with E-state index in [4.69, 9.17) is 9.73 Å². The number of methoxy groups -OCH3 is 1. The fourth-order valence-corrected chi connectivity index (χ4v) is 4.69. The highest BCUT2D eigenvalue weighted by Crippen LogP contribution is 2.34. The minimum Gasteiger partial charge on any atom is -0.477 e. The Hall–Kier alpha value is -2.63. The van der Waals surface area contributed by atoms with Gasteiger partial charge in [0, 0.05) is 6.07 Å². The van der Waals surface area contributed by atoms with Crippen LogP contribution in [0.4, 0.5) is 17.1 Å². The van der Waals surface area contributed by atoms with Gasteiger partial charge in [-0.05, 0) is 49.4 Å². The maximum Gasteiger partial charge on any atom is 0.280 e.